The summed E-state index contributed by atoms with van der Waals surface area (Å²) in [5.41, 5.74) is 6.52. The lowest BCUT2D eigenvalue weighted by molar-refractivity contribution is -0.128. The fraction of sp³-hybridized carbons (Fsp3) is 0.385. The zero-order valence-electron chi connectivity index (χ0n) is 10.8. The van der Waals surface area contributed by atoms with Crippen LogP contribution in [0.15, 0.2) is 23.4 Å². The summed E-state index contributed by atoms with van der Waals surface area (Å²) in [7, 11) is 0. The molecule has 2 aliphatic heterocycles. The summed E-state index contributed by atoms with van der Waals surface area (Å²) in [6, 6.07) is 5.60. The van der Waals surface area contributed by atoms with Gasteiger partial charge in [0.15, 0.2) is 11.5 Å². The maximum absolute atomic E-state index is 11.9. The number of likely N-dealkylation sites (tertiary alicyclic amines) is 1. The molecular formula is C13H15N3O4. The topological polar surface area (TPSA) is 97.4 Å². The quantitative estimate of drug-likeness (QED) is 0.363. The molecule has 1 amide bonds. The Bertz CT molecular complexity index is 573. The fourth-order valence-corrected chi connectivity index (χ4v) is 2.46. The molecule has 1 fully saturated rings. The largest absolute Gasteiger partial charge is 0.454 e. The van der Waals surface area contributed by atoms with Crippen LogP contribution in [-0.2, 0) is 11.3 Å². The smallest absolute Gasteiger partial charge is 0.231 e. The van der Waals surface area contributed by atoms with E-state index in [0.717, 1.165) is 11.3 Å². The van der Waals surface area contributed by atoms with Gasteiger partial charge >= 0.3 is 0 Å². The van der Waals surface area contributed by atoms with Crippen molar-refractivity contribution >= 4 is 11.7 Å². The number of hydrogen-bond acceptors (Lipinski definition) is 5. The molecule has 7 nitrogen and oxygen atoms in total. The van der Waals surface area contributed by atoms with Crippen LogP contribution in [0.3, 0.4) is 0 Å². The van der Waals surface area contributed by atoms with E-state index in [1.165, 1.54) is 0 Å². The van der Waals surface area contributed by atoms with Crippen LogP contribution in [0.2, 0.25) is 0 Å². The highest BCUT2D eigenvalue weighted by atomic mass is 16.7. The standard InChI is InChI=1S/C13H15N3O4/c14-13(15-18)9-4-12(17)16(6-9)5-8-1-2-10-11(3-8)20-7-19-10/h1-3,9,18H,4-7H2,(H2,14,15)/t9-/m1/s1. The van der Waals surface area contributed by atoms with Gasteiger partial charge in [0.1, 0.15) is 5.84 Å². The SMILES string of the molecule is N/C(=N/O)[C@@H]1CC(=O)N(Cc2ccc3c(c2)OCO3)C1. The first-order valence-corrected chi connectivity index (χ1v) is 6.31. The number of rotatable bonds is 3. The van der Waals surface area contributed by atoms with Crippen molar-refractivity contribution in [3.8, 4) is 11.5 Å². The molecule has 3 rings (SSSR count). The molecule has 0 aliphatic carbocycles. The second-order valence-electron chi connectivity index (χ2n) is 4.89. The Balaban J connectivity index is 1.70. The van der Waals surface area contributed by atoms with Gasteiger partial charge in [-0.05, 0) is 17.7 Å². The Morgan fingerprint density at radius 3 is 3.05 bits per heavy atom. The molecular weight excluding hydrogens is 262 g/mol. The number of nitrogens with zero attached hydrogens (tertiary/aromatic N) is 2. The van der Waals surface area contributed by atoms with E-state index >= 15 is 0 Å². The number of oxime groups is 1. The highest BCUT2D eigenvalue weighted by Gasteiger charge is 2.32. The van der Waals surface area contributed by atoms with Crippen LogP contribution < -0.4 is 15.2 Å². The van der Waals surface area contributed by atoms with Crippen LogP contribution in [-0.4, -0.2) is 35.2 Å². The number of fused-ring (bicyclic) bond motifs is 1. The summed E-state index contributed by atoms with van der Waals surface area (Å²) in [4.78, 5) is 13.6. The van der Waals surface area contributed by atoms with Crippen molar-refractivity contribution in [3.63, 3.8) is 0 Å². The molecule has 20 heavy (non-hydrogen) atoms. The number of benzene rings is 1. The number of amides is 1. The minimum atomic E-state index is -0.221. The number of ether oxygens (including phenoxy) is 2. The molecule has 0 radical (unpaired) electrons. The van der Waals surface area contributed by atoms with Crippen molar-refractivity contribution in [2.24, 2.45) is 16.8 Å². The number of hydrogen-bond donors (Lipinski definition) is 2. The van der Waals surface area contributed by atoms with Gasteiger partial charge in [-0.2, -0.15) is 0 Å². The number of nitrogens with two attached hydrogens (primary N) is 1. The lowest BCUT2D eigenvalue weighted by atomic mass is 10.1. The summed E-state index contributed by atoms with van der Waals surface area (Å²) in [5.74, 6) is 1.30. The van der Waals surface area contributed by atoms with Crippen LogP contribution in [0, 0.1) is 5.92 Å². The second kappa shape index (κ2) is 4.92. The Hall–Kier alpha value is -2.44. The minimum absolute atomic E-state index is 0.000679. The first-order valence-electron chi connectivity index (χ1n) is 6.31. The van der Waals surface area contributed by atoms with E-state index in [2.05, 4.69) is 5.16 Å². The van der Waals surface area contributed by atoms with Crippen molar-refractivity contribution in [1.29, 1.82) is 0 Å². The van der Waals surface area contributed by atoms with Gasteiger partial charge in [0.2, 0.25) is 12.7 Å². The van der Waals surface area contributed by atoms with Gasteiger partial charge in [0, 0.05) is 25.4 Å². The third-order valence-corrected chi connectivity index (χ3v) is 3.56. The summed E-state index contributed by atoms with van der Waals surface area (Å²) < 4.78 is 10.6. The number of carbonyl (C=O) groups is 1. The van der Waals surface area contributed by atoms with Crippen LogP contribution >= 0.6 is 0 Å². The van der Waals surface area contributed by atoms with Crippen molar-refractivity contribution < 1.29 is 19.5 Å². The van der Waals surface area contributed by atoms with Crippen LogP contribution in [0.5, 0.6) is 11.5 Å². The van der Waals surface area contributed by atoms with Gasteiger partial charge in [-0.25, -0.2) is 0 Å². The molecule has 106 valence electrons. The van der Waals surface area contributed by atoms with E-state index in [1.807, 2.05) is 18.2 Å². The highest BCUT2D eigenvalue weighted by molar-refractivity contribution is 5.91. The maximum Gasteiger partial charge on any atom is 0.231 e. The van der Waals surface area contributed by atoms with Crippen molar-refractivity contribution in [2.45, 2.75) is 13.0 Å². The van der Waals surface area contributed by atoms with Gasteiger partial charge in [0.05, 0.1) is 0 Å². The summed E-state index contributed by atoms with van der Waals surface area (Å²) >= 11 is 0. The van der Waals surface area contributed by atoms with Gasteiger partial charge in [-0.3, -0.25) is 4.79 Å². The first-order chi connectivity index (χ1) is 9.67. The monoisotopic (exact) mass is 277 g/mol. The summed E-state index contributed by atoms with van der Waals surface area (Å²) in [5, 5.41) is 11.6. The second-order valence-corrected chi connectivity index (χ2v) is 4.89. The zero-order chi connectivity index (χ0) is 14.1. The van der Waals surface area contributed by atoms with E-state index in [0.29, 0.717) is 18.8 Å². The molecule has 0 bridgehead atoms. The van der Waals surface area contributed by atoms with Gasteiger partial charge in [0.25, 0.3) is 0 Å². The number of carbonyl (C=O) groups excluding carboxylic acids is 1. The van der Waals surface area contributed by atoms with Crippen molar-refractivity contribution in [1.82, 2.24) is 4.90 Å². The summed E-state index contributed by atoms with van der Waals surface area (Å²) in [6.45, 7) is 1.17. The lowest BCUT2D eigenvalue weighted by Gasteiger charge is -2.16. The minimum Gasteiger partial charge on any atom is -0.454 e. The average molecular weight is 277 g/mol. The maximum atomic E-state index is 11.9. The molecule has 1 aromatic rings. The van der Waals surface area contributed by atoms with E-state index in [-0.39, 0.29) is 30.9 Å². The van der Waals surface area contributed by atoms with Crippen LogP contribution in [0.4, 0.5) is 0 Å². The molecule has 0 saturated carbocycles. The first kappa shape index (κ1) is 12.6. The predicted molar refractivity (Wildman–Crippen MR) is 69.5 cm³/mol. The average Bonchev–Trinajstić information content (AvgIpc) is 3.05. The lowest BCUT2D eigenvalue weighted by Crippen LogP contribution is -2.28. The Morgan fingerprint density at radius 1 is 1.45 bits per heavy atom. The Kier molecular flexibility index (Phi) is 3.09. The normalized spacial score (nSPS) is 21.6. The van der Waals surface area contributed by atoms with Crippen LogP contribution in [0.25, 0.3) is 0 Å². The van der Waals surface area contributed by atoms with E-state index < -0.39 is 0 Å². The zero-order valence-corrected chi connectivity index (χ0v) is 10.8. The Labute approximate surface area is 115 Å². The van der Waals surface area contributed by atoms with E-state index in [1.54, 1.807) is 4.90 Å². The molecule has 0 unspecified atom stereocenters. The van der Waals surface area contributed by atoms with Crippen LogP contribution in [0.1, 0.15) is 12.0 Å². The third kappa shape index (κ3) is 2.22. The fourth-order valence-electron chi connectivity index (χ4n) is 2.46. The third-order valence-electron chi connectivity index (χ3n) is 3.56. The Morgan fingerprint density at radius 2 is 2.25 bits per heavy atom. The predicted octanol–water partition coefficient (Wildman–Crippen LogP) is 0.510. The molecule has 3 N–H and O–H groups in total. The van der Waals surface area contributed by atoms with Gasteiger partial charge < -0.3 is 25.3 Å². The van der Waals surface area contributed by atoms with Gasteiger partial charge in [-0.15, -0.1) is 0 Å². The molecule has 1 saturated heterocycles. The van der Waals surface area contributed by atoms with E-state index in [4.69, 9.17) is 20.4 Å². The molecule has 0 spiro atoms. The molecule has 7 heteroatoms. The molecule has 0 aromatic heterocycles. The molecule has 1 aromatic carbocycles. The number of amidine groups is 1. The molecule has 2 aliphatic rings. The molecule has 1 atom stereocenters. The van der Waals surface area contributed by atoms with Crippen molar-refractivity contribution in [3.05, 3.63) is 23.8 Å². The van der Waals surface area contributed by atoms with Gasteiger partial charge in [-0.1, -0.05) is 11.2 Å². The molecule has 2 heterocycles. The highest BCUT2D eigenvalue weighted by Crippen LogP contribution is 2.33. The summed E-state index contributed by atoms with van der Waals surface area (Å²) in [6.07, 6.45) is 0.278. The van der Waals surface area contributed by atoms with Crippen molar-refractivity contribution in [2.75, 3.05) is 13.3 Å². The van der Waals surface area contributed by atoms with E-state index in [9.17, 15) is 4.79 Å².